The molecule has 1 aromatic carbocycles. The summed E-state index contributed by atoms with van der Waals surface area (Å²) in [6.45, 7) is 0. The number of amides is 1. The van der Waals surface area contributed by atoms with Crippen LogP contribution in [0.3, 0.4) is 0 Å². The van der Waals surface area contributed by atoms with Crippen molar-refractivity contribution in [3.8, 4) is 0 Å². The molecular weight excluding hydrogens is 283 g/mol. The van der Waals surface area contributed by atoms with E-state index in [1.165, 1.54) is 0 Å². The summed E-state index contributed by atoms with van der Waals surface area (Å²) in [7, 11) is 0. The van der Waals surface area contributed by atoms with Gasteiger partial charge in [-0.05, 0) is 25.3 Å². The molecule has 0 heterocycles. The van der Waals surface area contributed by atoms with E-state index in [0.717, 1.165) is 18.2 Å². The molecule has 1 saturated carbocycles. The Balaban J connectivity index is 2.08. The molecule has 1 amide bonds. The van der Waals surface area contributed by atoms with Crippen LogP contribution in [0.25, 0.3) is 0 Å². The Bertz CT molecular complexity index is 604. The number of benzene rings is 1. The van der Waals surface area contributed by atoms with E-state index in [1.807, 2.05) is 0 Å². The highest BCUT2D eigenvalue weighted by Gasteiger charge is 2.34. The molecule has 2 N–H and O–H groups in total. The number of anilines is 1. The van der Waals surface area contributed by atoms with Gasteiger partial charge in [-0.2, -0.15) is 0 Å². The van der Waals surface area contributed by atoms with Gasteiger partial charge in [0, 0.05) is 18.1 Å². The Kier molecular flexibility index (Phi) is 4.15. The highest BCUT2D eigenvalue weighted by molar-refractivity contribution is 5.93. The van der Waals surface area contributed by atoms with Crippen molar-refractivity contribution in [3.05, 3.63) is 34.1 Å². The number of nitro benzene ring substituents is 1. The SMILES string of the molecule is O=C(O)[C@H]1CC[C@@H](C(=O)Nc2cc([N+](=O)[O-])ccc2F)C1. The molecule has 0 aliphatic heterocycles. The third kappa shape index (κ3) is 3.33. The molecule has 0 unspecified atom stereocenters. The van der Waals surface area contributed by atoms with Crippen LogP contribution in [0, 0.1) is 27.8 Å². The lowest BCUT2D eigenvalue weighted by molar-refractivity contribution is -0.384. The van der Waals surface area contributed by atoms with Crippen molar-refractivity contribution in [2.24, 2.45) is 11.8 Å². The van der Waals surface area contributed by atoms with E-state index in [4.69, 9.17) is 5.11 Å². The van der Waals surface area contributed by atoms with Crippen molar-refractivity contribution in [2.45, 2.75) is 19.3 Å². The summed E-state index contributed by atoms with van der Waals surface area (Å²) in [5.41, 5.74) is -0.602. The van der Waals surface area contributed by atoms with Crippen LogP contribution in [0.4, 0.5) is 15.8 Å². The van der Waals surface area contributed by atoms with Crippen LogP contribution >= 0.6 is 0 Å². The summed E-state index contributed by atoms with van der Waals surface area (Å²) < 4.78 is 13.6. The fourth-order valence-electron chi connectivity index (χ4n) is 2.40. The van der Waals surface area contributed by atoms with Crippen molar-refractivity contribution in [3.63, 3.8) is 0 Å². The molecule has 7 nitrogen and oxygen atoms in total. The van der Waals surface area contributed by atoms with Crippen molar-refractivity contribution in [1.82, 2.24) is 0 Å². The lowest BCUT2D eigenvalue weighted by atomic mass is 10.0. The number of hydrogen-bond acceptors (Lipinski definition) is 4. The number of non-ortho nitro benzene ring substituents is 1. The number of nitro groups is 1. The molecule has 1 aromatic rings. The first-order valence-corrected chi connectivity index (χ1v) is 6.36. The van der Waals surface area contributed by atoms with Gasteiger partial charge in [-0.25, -0.2) is 4.39 Å². The van der Waals surface area contributed by atoms with Crippen LogP contribution in [0.2, 0.25) is 0 Å². The van der Waals surface area contributed by atoms with E-state index in [9.17, 15) is 24.1 Å². The topological polar surface area (TPSA) is 110 Å². The van der Waals surface area contributed by atoms with Gasteiger partial charge in [-0.1, -0.05) is 0 Å². The third-order valence-electron chi connectivity index (χ3n) is 3.57. The minimum Gasteiger partial charge on any atom is -0.481 e. The highest BCUT2D eigenvalue weighted by Crippen LogP contribution is 2.32. The summed E-state index contributed by atoms with van der Waals surface area (Å²) in [5.74, 6) is -3.34. The first-order chi connectivity index (χ1) is 9.88. The van der Waals surface area contributed by atoms with E-state index >= 15 is 0 Å². The molecule has 0 spiro atoms. The van der Waals surface area contributed by atoms with E-state index in [0.29, 0.717) is 12.8 Å². The molecule has 1 fully saturated rings. The molecule has 1 aliphatic carbocycles. The molecule has 1 aliphatic rings. The Morgan fingerprint density at radius 2 is 2.00 bits per heavy atom. The number of carbonyl (C=O) groups is 2. The van der Waals surface area contributed by atoms with E-state index < -0.39 is 34.5 Å². The molecule has 21 heavy (non-hydrogen) atoms. The molecule has 2 rings (SSSR count). The van der Waals surface area contributed by atoms with E-state index in [-0.39, 0.29) is 17.8 Å². The van der Waals surface area contributed by atoms with Gasteiger partial charge in [0.05, 0.1) is 16.5 Å². The number of carbonyl (C=O) groups excluding carboxylic acids is 1. The van der Waals surface area contributed by atoms with Crippen molar-refractivity contribution in [1.29, 1.82) is 0 Å². The van der Waals surface area contributed by atoms with Crippen LogP contribution in [0.1, 0.15) is 19.3 Å². The second kappa shape index (κ2) is 5.86. The Morgan fingerprint density at radius 1 is 1.33 bits per heavy atom. The van der Waals surface area contributed by atoms with Gasteiger partial charge < -0.3 is 10.4 Å². The molecule has 112 valence electrons. The van der Waals surface area contributed by atoms with Gasteiger partial charge in [-0.3, -0.25) is 19.7 Å². The predicted molar refractivity (Wildman–Crippen MR) is 70.2 cm³/mol. The van der Waals surface area contributed by atoms with Crippen LogP contribution < -0.4 is 5.32 Å². The summed E-state index contributed by atoms with van der Waals surface area (Å²) >= 11 is 0. The van der Waals surface area contributed by atoms with E-state index in [1.54, 1.807) is 0 Å². The van der Waals surface area contributed by atoms with Crippen LogP contribution in [-0.2, 0) is 9.59 Å². The molecular formula is C13H13FN2O5. The average molecular weight is 296 g/mol. The normalized spacial score (nSPS) is 21.0. The number of halogens is 1. The number of hydrogen-bond donors (Lipinski definition) is 2. The Hall–Kier alpha value is -2.51. The summed E-state index contributed by atoms with van der Waals surface area (Å²) in [6, 6.07) is 2.85. The molecule has 0 radical (unpaired) electrons. The summed E-state index contributed by atoms with van der Waals surface area (Å²) in [5, 5.41) is 21.8. The second-order valence-corrected chi connectivity index (χ2v) is 4.96. The summed E-state index contributed by atoms with van der Waals surface area (Å²) in [4.78, 5) is 32.8. The zero-order chi connectivity index (χ0) is 15.6. The summed E-state index contributed by atoms with van der Waals surface area (Å²) in [6.07, 6.45) is 0.988. The fourth-order valence-corrected chi connectivity index (χ4v) is 2.40. The molecule has 0 saturated heterocycles. The minimum atomic E-state index is -0.952. The predicted octanol–water partition coefficient (Wildman–Crippen LogP) is 2.17. The van der Waals surface area contributed by atoms with Gasteiger partial charge in [0.15, 0.2) is 0 Å². The van der Waals surface area contributed by atoms with E-state index in [2.05, 4.69) is 5.32 Å². The number of carboxylic acids is 1. The van der Waals surface area contributed by atoms with Gasteiger partial charge in [-0.15, -0.1) is 0 Å². The van der Waals surface area contributed by atoms with Crippen molar-refractivity contribution in [2.75, 3.05) is 5.32 Å². The number of carboxylic acid groups (broad SMARTS) is 1. The fraction of sp³-hybridized carbons (Fsp3) is 0.385. The van der Waals surface area contributed by atoms with Crippen LogP contribution in [0.15, 0.2) is 18.2 Å². The number of rotatable bonds is 4. The number of aliphatic carboxylic acids is 1. The van der Waals surface area contributed by atoms with Crippen LogP contribution in [0.5, 0.6) is 0 Å². The van der Waals surface area contributed by atoms with Crippen molar-refractivity contribution < 1.29 is 24.0 Å². The van der Waals surface area contributed by atoms with Gasteiger partial charge in [0.2, 0.25) is 5.91 Å². The largest absolute Gasteiger partial charge is 0.481 e. The first-order valence-electron chi connectivity index (χ1n) is 6.36. The maximum absolute atomic E-state index is 13.6. The Labute approximate surface area is 118 Å². The molecule has 0 bridgehead atoms. The maximum atomic E-state index is 13.6. The lowest BCUT2D eigenvalue weighted by Crippen LogP contribution is -2.22. The maximum Gasteiger partial charge on any atom is 0.306 e. The molecule has 8 heteroatoms. The standard InChI is InChI=1S/C13H13FN2O5/c14-10-4-3-9(16(20)21)6-11(10)15-12(17)7-1-2-8(5-7)13(18)19/h3-4,6-8H,1-2,5H2,(H,15,17)(H,18,19)/t7-,8+/m1/s1. The minimum absolute atomic E-state index is 0.192. The lowest BCUT2D eigenvalue weighted by Gasteiger charge is -2.11. The number of nitrogens with zero attached hydrogens (tertiary/aromatic N) is 1. The quantitative estimate of drug-likeness (QED) is 0.653. The van der Waals surface area contributed by atoms with Gasteiger partial charge in [0.25, 0.3) is 5.69 Å². The zero-order valence-electron chi connectivity index (χ0n) is 10.9. The number of nitrogens with one attached hydrogen (secondary N) is 1. The monoisotopic (exact) mass is 296 g/mol. The van der Waals surface area contributed by atoms with Gasteiger partial charge >= 0.3 is 5.97 Å². The van der Waals surface area contributed by atoms with Gasteiger partial charge in [0.1, 0.15) is 5.82 Å². The molecule has 0 aromatic heterocycles. The zero-order valence-corrected chi connectivity index (χ0v) is 10.9. The smallest absolute Gasteiger partial charge is 0.306 e. The average Bonchev–Trinajstić information content (AvgIpc) is 2.90. The van der Waals surface area contributed by atoms with Crippen molar-refractivity contribution >= 4 is 23.3 Å². The highest BCUT2D eigenvalue weighted by atomic mass is 19.1. The second-order valence-electron chi connectivity index (χ2n) is 4.96. The first kappa shape index (κ1) is 14.9. The third-order valence-corrected chi connectivity index (χ3v) is 3.57. The Morgan fingerprint density at radius 3 is 2.57 bits per heavy atom. The molecule has 2 atom stereocenters. The van der Waals surface area contributed by atoms with Crippen LogP contribution in [-0.4, -0.2) is 21.9 Å².